The largest absolute Gasteiger partial charge is 0.320 e. The van der Waals surface area contributed by atoms with Crippen molar-refractivity contribution in [1.29, 1.82) is 0 Å². The lowest BCUT2D eigenvalue weighted by atomic mass is 10.1. The first-order valence-corrected chi connectivity index (χ1v) is 11.4. The number of rotatable bonds is 4. The molecule has 1 aliphatic heterocycles. The molecule has 1 saturated heterocycles. The highest BCUT2D eigenvalue weighted by Gasteiger charge is 2.25. The van der Waals surface area contributed by atoms with Crippen molar-refractivity contribution in [2.24, 2.45) is 0 Å². The van der Waals surface area contributed by atoms with Gasteiger partial charge in [-0.2, -0.15) is 5.10 Å². The molecule has 1 atom stereocenters. The van der Waals surface area contributed by atoms with Crippen LogP contribution in [0.3, 0.4) is 0 Å². The van der Waals surface area contributed by atoms with Crippen LogP contribution in [0.15, 0.2) is 41.1 Å². The van der Waals surface area contributed by atoms with E-state index in [0.29, 0.717) is 26.2 Å². The molecule has 0 radical (unpaired) electrons. The second-order valence-corrected chi connectivity index (χ2v) is 9.29. The fourth-order valence-corrected chi connectivity index (χ4v) is 5.09. The molecule has 2 N–H and O–H groups in total. The van der Waals surface area contributed by atoms with Crippen molar-refractivity contribution in [3.63, 3.8) is 0 Å². The Morgan fingerprint density at radius 1 is 1.38 bits per heavy atom. The van der Waals surface area contributed by atoms with Gasteiger partial charge in [0.2, 0.25) is 0 Å². The van der Waals surface area contributed by atoms with Crippen LogP contribution in [0.2, 0.25) is 10.0 Å². The van der Waals surface area contributed by atoms with Gasteiger partial charge in [-0.15, -0.1) is 11.8 Å². The molecule has 1 amide bonds. The number of aromatic nitrogens is 3. The first-order valence-electron chi connectivity index (χ1n) is 8.77. The van der Waals surface area contributed by atoms with E-state index in [1.54, 1.807) is 36.2 Å². The molecule has 0 spiro atoms. The first-order chi connectivity index (χ1) is 13.9. The summed E-state index contributed by atoms with van der Waals surface area (Å²) in [4.78, 5) is 17.5. The fourth-order valence-electron chi connectivity index (χ4n) is 3.16. The number of nitrogens with zero attached hydrogens (tertiary/aromatic N) is 3. The summed E-state index contributed by atoms with van der Waals surface area (Å²) >= 11 is 17.7. The average Bonchev–Trinajstić information content (AvgIpc) is 3.34. The van der Waals surface area contributed by atoms with Crippen molar-refractivity contribution in [2.75, 3.05) is 17.6 Å². The molecule has 29 heavy (non-hydrogen) atoms. The van der Waals surface area contributed by atoms with Crippen LogP contribution in [0.1, 0.15) is 27.0 Å². The number of anilines is 1. The standard InChI is InChI=1S/C19H16BrCl2N5OS/c1-10-7-11(21)8-12(19-24-5-6-29-19)16(10)25-18(28)14-9-15(20)26-27(14)17-13(22)3-2-4-23-17/h2-4,7-9,19,24H,5-6H2,1H3,(H,25,28). The number of benzene rings is 1. The summed E-state index contributed by atoms with van der Waals surface area (Å²) in [6.07, 6.45) is 1.60. The minimum absolute atomic E-state index is 0.0737. The number of aryl methyl sites for hydroxylation is 1. The smallest absolute Gasteiger partial charge is 0.274 e. The lowest BCUT2D eigenvalue weighted by Gasteiger charge is -2.19. The van der Waals surface area contributed by atoms with Gasteiger partial charge in [0, 0.05) is 40.8 Å². The van der Waals surface area contributed by atoms with E-state index in [0.717, 1.165) is 29.1 Å². The van der Waals surface area contributed by atoms with Gasteiger partial charge in [-0.1, -0.05) is 23.2 Å². The van der Waals surface area contributed by atoms with Crippen LogP contribution >= 0.6 is 50.9 Å². The molecule has 0 aliphatic carbocycles. The Morgan fingerprint density at radius 2 is 2.21 bits per heavy atom. The molecule has 4 rings (SSSR count). The van der Waals surface area contributed by atoms with Crippen molar-refractivity contribution in [3.8, 4) is 5.82 Å². The van der Waals surface area contributed by atoms with Gasteiger partial charge in [0.1, 0.15) is 10.3 Å². The zero-order valence-electron chi connectivity index (χ0n) is 15.2. The molecular formula is C19H16BrCl2N5OS. The van der Waals surface area contributed by atoms with Crippen molar-refractivity contribution < 1.29 is 4.79 Å². The third-order valence-electron chi connectivity index (χ3n) is 4.42. The number of nitrogens with one attached hydrogen (secondary N) is 2. The number of hydrogen-bond donors (Lipinski definition) is 2. The summed E-state index contributed by atoms with van der Waals surface area (Å²) in [6.45, 7) is 2.83. The summed E-state index contributed by atoms with van der Waals surface area (Å²) in [7, 11) is 0. The van der Waals surface area contributed by atoms with Crippen LogP contribution in [-0.2, 0) is 0 Å². The Kier molecular flexibility index (Phi) is 6.17. The minimum atomic E-state index is -0.320. The molecule has 0 saturated carbocycles. The van der Waals surface area contributed by atoms with Crippen LogP contribution in [0.25, 0.3) is 5.82 Å². The summed E-state index contributed by atoms with van der Waals surface area (Å²) in [5.74, 6) is 1.06. The van der Waals surface area contributed by atoms with Gasteiger partial charge in [-0.25, -0.2) is 9.67 Å². The van der Waals surface area contributed by atoms with E-state index < -0.39 is 0 Å². The molecule has 1 aliphatic rings. The van der Waals surface area contributed by atoms with E-state index in [1.165, 1.54) is 4.68 Å². The van der Waals surface area contributed by atoms with Gasteiger partial charge in [-0.05, 0) is 52.7 Å². The minimum Gasteiger partial charge on any atom is -0.320 e. The summed E-state index contributed by atoms with van der Waals surface area (Å²) < 4.78 is 1.93. The highest BCUT2D eigenvalue weighted by atomic mass is 79.9. The van der Waals surface area contributed by atoms with Crippen molar-refractivity contribution in [1.82, 2.24) is 20.1 Å². The topological polar surface area (TPSA) is 71.8 Å². The molecule has 2 aromatic heterocycles. The van der Waals surface area contributed by atoms with Gasteiger partial charge in [-0.3, -0.25) is 4.79 Å². The number of halogens is 3. The van der Waals surface area contributed by atoms with Gasteiger partial charge < -0.3 is 10.6 Å². The Hall–Kier alpha value is -1.58. The van der Waals surface area contributed by atoms with E-state index in [4.69, 9.17) is 23.2 Å². The summed E-state index contributed by atoms with van der Waals surface area (Å²) in [5, 5.41) is 11.9. The summed E-state index contributed by atoms with van der Waals surface area (Å²) in [5.41, 5.74) is 2.88. The van der Waals surface area contributed by atoms with E-state index in [-0.39, 0.29) is 11.3 Å². The van der Waals surface area contributed by atoms with Crippen LogP contribution in [0.4, 0.5) is 5.69 Å². The molecule has 10 heteroatoms. The fraction of sp³-hybridized carbons (Fsp3) is 0.211. The normalized spacial score (nSPS) is 16.2. The SMILES string of the molecule is Cc1cc(Cl)cc(C2NCCS2)c1NC(=O)c1cc(Br)nn1-c1ncccc1Cl. The van der Waals surface area contributed by atoms with E-state index in [2.05, 4.69) is 36.6 Å². The third-order valence-corrected chi connectivity index (χ3v) is 6.51. The molecular weight excluding hydrogens is 497 g/mol. The van der Waals surface area contributed by atoms with Gasteiger partial charge in [0.15, 0.2) is 5.82 Å². The molecule has 150 valence electrons. The second-order valence-electron chi connectivity index (χ2n) is 6.42. The van der Waals surface area contributed by atoms with Crippen LogP contribution in [-0.4, -0.2) is 33.0 Å². The zero-order valence-corrected chi connectivity index (χ0v) is 19.2. The molecule has 3 aromatic rings. The van der Waals surface area contributed by atoms with Gasteiger partial charge in [0.05, 0.1) is 10.4 Å². The average molecular weight is 513 g/mol. The first kappa shape index (κ1) is 20.7. The van der Waals surface area contributed by atoms with Crippen molar-refractivity contribution >= 4 is 62.5 Å². The quantitative estimate of drug-likeness (QED) is 0.500. The number of pyridine rings is 1. The van der Waals surface area contributed by atoms with Crippen molar-refractivity contribution in [3.05, 3.63) is 68.0 Å². The molecule has 1 aromatic carbocycles. The Balaban J connectivity index is 1.72. The van der Waals surface area contributed by atoms with E-state index >= 15 is 0 Å². The number of carbonyl (C=O) groups excluding carboxylic acids is 1. The Bertz CT molecular complexity index is 1080. The molecule has 0 bridgehead atoms. The summed E-state index contributed by atoms with van der Waals surface area (Å²) in [6, 6.07) is 8.78. The molecule has 1 unspecified atom stereocenters. The number of amides is 1. The van der Waals surface area contributed by atoms with Gasteiger partial charge >= 0.3 is 0 Å². The van der Waals surface area contributed by atoms with E-state index in [9.17, 15) is 4.79 Å². The van der Waals surface area contributed by atoms with Gasteiger partial charge in [0.25, 0.3) is 5.91 Å². The van der Waals surface area contributed by atoms with E-state index in [1.807, 2.05) is 19.1 Å². The van der Waals surface area contributed by atoms with Crippen molar-refractivity contribution in [2.45, 2.75) is 12.3 Å². The predicted octanol–water partition coefficient (Wildman–Crippen LogP) is 5.23. The lowest BCUT2D eigenvalue weighted by Crippen LogP contribution is -2.21. The lowest BCUT2D eigenvalue weighted by molar-refractivity contribution is 0.101. The number of hydrogen-bond acceptors (Lipinski definition) is 5. The monoisotopic (exact) mass is 511 g/mol. The maximum atomic E-state index is 13.2. The highest BCUT2D eigenvalue weighted by molar-refractivity contribution is 9.10. The van der Waals surface area contributed by atoms with Crippen LogP contribution < -0.4 is 10.6 Å². The van der Waals surface area contributed by atoms with Crippen LogP contribution in [0.5, 0.6) is 0 Å². The number of carbonyl (C=O) groups is 1. The number of thioether (sulfide) groups is 1. The predicted molar refractivity (Wildman–Crippen MR) is 121 cm³/mol. The molecule has 3 heterocycles. The Morgan fingerprint density at radius 3 is 2.93 bits per heavy atom. The Labute approximate surface area is 190 Å². The highest BCUT2D eigenvalue weighted by Crippen LogP contribution is 2.38. The third kappa shape index (κ3) is 4.32. The molecule has 1 fully saturated rings. The van der Waals surface area contributed by atoms with Crippen LogP contribution in [0, 0.1) is 6.92 Å². The maximum absolute atomic E-state index is 13.2. The second kappa shape index (κ2) is 8.65. The molecule has 6 nitrogen and oxygen atoms in total. The zero-order chi connectivity index (χ0) is 20.5. The maximum Gasteiger partial charge on any atom is 0.274 e.